The van der Waals surface area contributed by atoms with Gasteiger partial charge in [-0.25, -0.2) is 0 Å². The van der Waals surface area contributed by atoms with Gasteiger partial charge < -0.3 is 15.2 Å². The van der Waals surface area contributed by atoms with Crippen molar-refractivity contribution in [2.75, 3.05) is 11.9 Å². The molecule has 1 amide bonds. The number of anilines is 1. The molecule has 116 valence electrons. The average Bonchev–Trinajstić information content (AvgIpc) is 2.48. The van der Waals surface area contributed by atoms with Gasteiger partial charge in [-0.05, 0) is 50.6 Å². The van der Waals surface area contributed by atoms with Crippen LogP contribution in [0.4, 0.5) is 5.69 Å². The first-order valence-electron chi connectivity index (χ1n) is 7.30. The first-order valence-corrected chi connectivity index (χ1v) is 7.30. The predicted molar refractivity (Wildman–Crippen MR) is 87.4 cm³/mol. The van der Waals surface area contributed by atoms with E-state index in [2.05, 4.69) is 5.32 Å². The van der Waals surface area contributed by atoms with E-state index in [9.17, 15) is 9.90 Å². The van der Waals surface area contributed by atoms with E-state index in [1.54, 1.807) is 18.2 Å². The Hall–Kier alpha value is -2.33. The zero-order chi connectivity index (χ0) is 16.1. The Labute approximate surface area is 130 Å². The number of aliphatic hydroxyl groups excluding tert-OH is 1. The highest BCUT2D eigenvalue weighted by molar-refractivity contribution is 6.05. The zero-order valence-electron chi connectivity index (χ0n) is 13.1. The van der Waals surface area contributed by atoms with Crippen molar-refractivity contribution in [3.63, 3.8) is 0 Å². The number of amides is 1. The van der Waals surface area contributed by atoms with Gasteiger partial charge in [-0.1, -0.05) is 17.7 Å². The Bertz CT molecular complexity index is 680. The molecule has 0 spiro atoms. The molecular formula is C18H21NO3. The smallest absolute Gasteiger partial charge is 0.255 e. The quantitative estimate of drug-likeness (QED) is 0.889. The van der Waals surface area contributed by atoms with Gasteiger partial charge in [0, 0.05) is 16.8 Å². The van der Waals surface area contributed by atoms with E-state index in [4.69, 9.17) is 4.74 Å². The van der Waals surface area contributed by atoms with Crippen LogP contribution in [0.5, 0.6) is 5.75 Å². The number of rotatable bonds is 5. The Morgan fingerprint density at radius 1 is 1.18 bits per heavy atom. The molecule has 0 aliphatic rings. The highest BCUT2D eigenvalue weighted by Crippen LogP contribution is 2.23. The SMILES string of the molecule is CCOc1ccc(NC(=O)c2ccc(C)cc2C)cc1CO. The summed E-state index contributed by atoms with van der Waals surface area (Å²) in [6.07, 6.45) is 0. The third kappa shape index (κ3) is 3.65. The molecule has 2 aromatic carbocycles. The van der Waals surface area contributed by atoms with Gasteiger partial charge in [-0.2, -0.15) is 0 Å². The van der Waals surface area contributed by atoms with E-state index in [-0.39, 0.29) is 12.5 Å². The fraction of sp³-hybridized carbons (Fsp3) is 0.278. The molecule has 0 aromatic heterocycles. The van der Waals surface area contributed by atoms with Crippen molar-refractivity contribution in [3.05, 3.63) is 58.7 Å². The number of benzene rings is 2. The molecule has 2 N–H and O–H groups in total. The van der Waals surface area contributed by atoms with E-state index in [0.29, 0.717) is 29.2 Å². The molecule has 0 saturated heterocycles. The topological polar surface area (TPSA) is 58.6 Å². The van der Waals surface area contributed by atoms with Crippen LogP contribution in [0.1, 0.15) is 34.0 Å². The zero-order valence-corrected chi connectivity index (χ0v) is 13.1. The van der Waals surface area contributed by atoms with E-state index in [1.807, 2.05) is 39.0 Å². The third-order valence-electron chi connectivity index (χ3n) is 3.42. The molecular weight excluding hydrogens is 278 g/mol. The number of hydrogen-bond donors (Lipinski definition) is 2. The van der Waals surface area contributed by atoms with Crippen LogP contribution in [-0.4, -0.2) is 17.6 Å². The lowest BCUT2D eigenvalue weighted by Crippen LogP contribution is -2.13. The fourth-order valence-electron chi connectivity index (χ4n) is 2.34. The average molecular weight is 299 g/mol. The number of nitrogens with one attached hydrogen (secondary N) is 1. The van der Waals surface area contributed by atoms with E-state index >= 15 is 0 Å². The van der Waals surface area contributed by atoms with Crippen molar-refractivity contribution in [3.8, 4) is 5.75 Å². The number of carbonyl (C=O) groups is 1. The molecule has 0 fully saturated rings. The van der Waals surface area contributed by atoms with Crippen molar-refractivity contribution in [1.29, 1.82) is 0 Å². The monoisotopic (exact) mass is 299 g/mol. The minimum absolute atomic E-state index is 0.136. The van der Waals surface area contributed by atoms with Gasteiger partial charge >= 0.3 is 0 Å². The Morgan fingerprint density at radius 2 is 1.95 bits per heavy atom. The predicted octanol–water partition coefficient (Wildman–Crippen LogP) is 3.45. The lowest BCUT2D eigenvalue weighted by molar-refractivity contribution is 0.102. The summed E-state index contributed by atoms with van der Waals surface area (Å²) in [4.78, 5) is 12.4. The van der Waals surface area contributed by atoms with Crippen LogP contribution in [0.25, 0.3) is 0 Å². The molecule has 22 heavy (non-hydrogen) atoms. The summed E-state index contributed by atoms with van der Waals surface area (Å²) >= 11 is 0. The lowest BCUT2D eigenvalue weighted by Gasteiger charge is -2.12. The van der Waals surface area contributed by atoms with Gasteiger partial charge in [0.25, 0.3) is 5.91 Å². The molecule has 0 unspecified atom stereocenters. The van der Waals surface area contributed by atoms with E-state index in [1.165, 1.54) is 0 Å². The van der Waals surface area contributed by atoms with Crippen LogP contribution < -0.4 is 10.1 Å². The molecule has 2 rings (SSSR count). The van der Waals surface area contributed by atoms with Gasteiger partial charge in [0.15, 0.2) is 0 Å². The van der Waals surface area contributed by atoms with Gasteiger partial charge in [0.1, 0.15) is 5.75 Å². The maximum absolute atomic E-state index is 12.4. The molecule has 4 heteroatoms. The van der Waals surface area contributed by atoms with Crippen molar-refractivity contribution in [1.82, 2.24) is 0 Å². The summed E-state index contributed by atoms with van der Waals surface area (Å²) in [5, 5.41) is 12.3. The summed E-state index contributed by atoms with van der Waals surface area (Å²) < 4.78 is 5.43. The molecule has 0 bridgehead atoms. The first kappa shape index (κ1) is 16.0. The summed E-state index contributed by atoms with van der Waals surface area (Å²) in [5.41, 5.74) is 3.99. The molecule has 0 aliphatic heterocycles. The molecule has 0 saturated carbocycles. The highest BCUT2D eigenvalue weighted by atomic mass is 16.5. The molecule has 0 radical (unpaired) electrons. The molecule has 0 heterocycles. The highest BCUT2D eigenvalue weighted by Gasteiger charge is 2.11. The largest absolute Gasteiger partial charge is 0.494 e. The van der Waals surface area contributed by atoms with Crippen LogP contribution in [0.2, 0.25) is 0 Å². The van der Waals surface area contributed by atoms with Crippen molar-refractivity contribution < 1.29 is 14.6 Å². The van der Waals surface area contributed by atoms with Crippen LogP contribution in [0.3, 0.4) is 0 Å². The minimum atomic E-state index is -0.162. The van der Waals surface area contributed by atoms with E-state index in [0.717, 1.165) is 11.1 Å². The van der Waals surface area contributed by atoms with Crippen molar-refractivity contribution in [2.24, 2.45) is 0 Å². The standard InChI is InChI=1S/C18H21NO3/c1-4-22-17-8-6-15(10-14(17)11-20)19-18(21)16-7-5-12(2)9-13(16)3/h5-10,20H,4,11H2,1-3H3,(H,19,21). The van der Waals surface area contributed by atoms with Crippen LogP contribution in [0.15, 0.2) is 36.4 Å². The van der Waals surface area contributed by atoms with Gasteiger partial charge in [0.05, 0.1) is 13.2 Å². The van der Waals surface area contributed by atoms with Gasteiger partial charge in [-0.3, -0.25) is 4.79 Å². The summed E-state index contributed by atoms with van der Waals surface area (Å²) in [6, 6.07) is 11.0. The van der Waals surface area contributed by atoms with Crippen LogP contribution in [0, 0.1) is 13.8 Å². The number of aliphatic hydroxyl groups is 1. The summed E-state index contributed by atoms with van der Waals surface area (Å²) in [7, 11) is 0. The minimum Gasteiger partial charge on any atom is -0.494 e. The number of aryl methyl sites for hydroxylation is 2. The maximum atomic E-state index is 12.4. The molecule has 4 nitrogen and oxygen atoms in total. The lowest BCUT2D eigenvalue weighted by atomic mass is 10.0. The van der Waals surface area contributed by atoms with Crippen LogP contribution >= 0.6 is 0 Å². The number of carbonyl (C=O) groups excluding carboxylic acids is 1. The van der Waals surface area contributed by atoms with Crippen LogP contribution in [-0.2, 0) is 6.61 Å². The second kappa shape index (κ2) is 7.09. The van der Waals surface area contributed by atoms with Crippen molar-refractivity contribution >= 4 is 11.6 Å². The molecule has 2 aromatic rings. The second-order valence-electron chi connectivity index (χ2n) is 5.19. The Morgan fingerprint density at radius 3 is 2.59 bits per heavy atom. The second-order valence-corrected chi connectivity index (χ2v) is 5.19. The summed E-state index contributed by atoms with van der Waals surface area (Å²) in [6.45, 7) is 6.19. The van der Waals surface area contributed by atoms with Crippen molar-refractivity contribution in [2.45, 2.75) is 27.4 Å². The van der Waals surface area contributed by atoms with E-state index < -0.39 is 0 Å². The Balaban J connectivity index is 2.21. The maximum Gasteiger partial charge on any atom is 0.255 e. The van der Waals surface area contributed by atoms with Gasteiger partial charge in [0.2, 0.25) is 0 Å². The molecule has 0 aliphatic carbocycles. The first-order chi connectivity index (χ1) is 10.5. The number of ether oxygens (including phenoxy) is 1. The Kier molecular flexibility index (Phi) is 5.17. The van der Waals surface area contributed by atoms with Gasteiger partial charge in [-0.15, -0.1) is 0 Å². The molecule has 0 atom stereocenters. The fourth-order valence-corrected chi connectivity index (χ4v) is 2.34. The summed E-state index contributed by atoms with van der Waals surface area (Å²) in [5.74, 6) is 0.472. The number of hydrogen-bond acceptors (Lipinski definition) is 3. The third-order valence-corrected chi connectivity index (χ3v) is 3.42. The normalized spacial score (nSPS) is 10.4.